The molecule has 1 aliphatic carbocycles. The molecule has 0 nitrogen and oxygen atoms in total. The summed E-state index contributed by atoms with van der Waals surface area (Å²) >= 11 is 0. The molecule has 0 saturated heterocycles. The van der Waals surface area contributed by atoms with Gasteiger partial charge in [-0.25, -0.2) is 0 Å². The van der Waals surface area contributed by atoms with Gasteiger partial charge in [-0.3, -0.25) is 0 Å². The van der Waals surface area contributed by atoms with Crippen molar-refractivity contribution in [3.8, 4) is 33.4 Å². The zero-order valence-corrected chi connectivity index (χ0v) is 25.0. The highest BCUT2D eigenvalue weighted by atomic mass is 14.4. The Bertz CT molecular complexity index is 2100. The highest BCUT2D eigenvalue weighted by Gasteiger charge is 2.41. The molecule has 0 aliphatic heterocycles. The van der Waals surface area contributed by atoms with Crippen LogP contribution in [0.1, 0.15) is 50.7 Å². The minimum absolute atomic E-state index is 0.0715. The topological polar surface area (TPSA) is 0 Å². The van der Waals surface area contributed by atoms with Crippen molar-refractivity contribution >= 4 is 32.3 Å². The van der Waals surface area contributed by atoms with Crippen LogP contribution in [0.2, 0.25) is 0 Å². The molecule has 0 saturated carbocycles. The van der Waals surface area contributed by atoms with Crippen LogP contribution in [0.25, 0.3) is 65.7 Å². The van der Waals surface area contributed by atoms with E-state index in [2.05, 4.69) is 147 Å². The standard InChI is InChI=1S/C43H36/c1-3-25-43(26-4-2)39-20-12-11-15-33(39)34-24-23-32(28-40(34)43)42-37-18-9-7-16-35(37)41(36-17-8-10-19-38(36)42)31-22-21-29-13-5-6-14-30(29)27-31/h5-24,27-28H,3-4,25-26H2,1-2H3. The van der Waals surface area contributed by atoms with Crippen LogP contribution < -0.4 is 0 Å². The third kappa shape index (κ3) is 3.90. The predicted molar refractivity (Wildman–Crippen MR) is 186 cm³/mol. The lowest BCUT2D eigenvalue weighted by Gasteiger charge is -2.32. The van der Waals surface area contributed by atoms with E-state index < -0.39 is 0 Å². The molecule has 0 atom stereocenters. The van der Waals surface area contributed by atoms with Crippen LogP contribution in [0.5, 0.6) is 0 Å². The van der Waals surface area contributed by atoms with Crippen LogP contribution in [0.15, 0.2) is 133 Å². The summed E-state index contributed by atoms with van der Waals surface area (Å²) in [6.45, 7) is 4.68. The number of hydrogen-bond acceptors (Lipinski definition) is 0. The van der Waals surface area contributed by atoms with Crippen molar-refractivity contribution in [1.29, 1.82) is 0 Å². The van der Waals surface area contributed by atoms with Crippen LogP contribution in [-0.2, 0) is 5.41 Å². The molecule has 0 spiro atoms. The number of rotatable bonds is 6. The highest BCUT2D eigenvalue weighted by Crippen LogP contribution is 2.55. The van der Waals surface area contributed by atoms with Gasteiger partial charge < -0.3 is 0 Å². The lowest BCUT2D eigenvalue weighted by Crippen LogP contribution is -2.25. The molecule has 8 rings (SSSR count). The summed E-state index contributed by atoms with van der Waals surface area (Å²) in [5.74, 6) is 0. The Labute approximate surface area is 254 Å². The Hall–Kier alpha value is -4.68. The van der Waals surface area contributed by atoms with Crippen LogP contribution in [0.4, 0.5) is 0 Å². The van der Waals surface area contributed by atoms with Gasteiger partial charge in [0.05, 0.1) is 0 Å². The molecule has 1 aliphatic rings. The molecule has 0 aromatic heterocycles. The highest BCUT2D eigenvalue weighted by molar-refractivity contribution is 6.21. The first-order valence-electron chi connectivity index (χ1n) is 15.9. The first-order chi connectivity index (χ1) is 21.2. The first kappa shape index (κ1) is 26.0. The Kier molecular flexibility index (Phi) is 6.19. The molecule has 0 N–H and O–H groups in total. The van der Waals surface area contributed by atoms with Gasteiger partial charge in [0.25, 0.3) is 0 Å². The number of benzene rings is 7. The number of fused-ring (bicyclic) bond motifs is 6. The second-order valence-electron chi connectivity index (χ2n) is 12.3. The van der Waals surface area contributed by atoms with Crippen molar-refractivity contribution in [3.05, 3.63) is 145 Å². The normalized spacial score (nSPS) is 13.4. The zero-order valence-electron chi connectivity index (χ0n) is 25.0. The zero-order chi connectivity index (χ0) is 29.0. The van der Waals surface area contributed by atoms with Gasteiger partial charge in [0.1, 0.15) is 0 Å². The molecule has 0 amide bonds. The molecule has 0 unspecified atom stereocenters. The van der Waals surface area contributed by atoms with Gasteiger partial charge in [0.2, 0.25) is 0 Å². The summed E-state index contributed by atoms with van der Waals surface area (Å²) in [7, 11) is 0. The van der Waals surface area contributed by atoms with Crippen molar-refractivity contribution < 1.29 is 0 Å². The van der Waals surface area contributed by atoms with Crippen LogP contribution in [0, 0.1) is 0 Å². The van der Waals surface area contributed by atoms with Gasteiger partial charge in [0.15, 0.2) is 0 Å². The first-order valence-corrected chi connectivity index (χ1v) is 15.9. The largest absolute Gasteiger partial charge is 0.0653 e. The average molecular weight is 553 g/mol. The van der Waals surface area contributed by atoms with Crippen LogP contribution in [-0.4, -0.2) is 0 Å². The minimum Gasteiger partial charge on any atom is -0.0653 e. The van der Waals surface area contributed by atoms with Crippen molar-refractivity contribution in [2.75, 3.05) is 0 Å². The third-order valence-corrected chi connectivity index (χ3v) is 9.88. The molecular formula is C43H36. The molecule has 0 radical (unpaired) electrons. The molecule has 208 valence electrons. The third-order valence-electron chi connectivity index (χ3n) is 9.88. The van der Waals surface area contributed by atoms with E-state index in [9.17, 15) is 0 Å². The SMILES string of the molecule is CCCC1(CCC)c2ccccc2-c2ccc(-c3c4ccccc4c(-c4ccc5ccccc5c4)c4ccccc34)cc21. The van der Waals surface area contributed by atoms with E-state index in [1.54, 1.807) is 0 Å². The van der Waals surface area contributed by atoms with E-state index in [-0.39, 0.29) is 5.41 Å². The van der Waals surface area contributed by atoms with Gasteiger partial charge in [0, 0.05) is 5.41 Å². The number of hydrogen-bond donors (Lipinski definition) is 0. The van der Waals surface area contributed by atoms with Crippen LogP contribution in [0.3, 0.4) is 0 Å². The summed E-state index contributed by atoms with van der Waals surface area (Å²) in [5, 5.41) is 7.80. The Balaban J connectivity index is 1.43. The summed E-state index contributed by atoms with van der Waals surface area (Å²) in [6, 6.07) is 50.2. The minimum atomic E-state index is 0.0715. The van der Waals surface area contributed by atoms with Crippen LogP contribution >= 0.6 is 0 Å². The summed E-state index contributed by atoms with van der Waals surface area (Å²) in [5.41, 5.74) is 11.2. The average Bonchev–Trinajstić information content (AvgIpc) is 3.32. The summed E-state index contributed by atoms with van der Waals surface area (Å²) < 4.78 is 0. The molecule has 43 heavy (non-hydrogen) atoms. The summed E-state index contributed by atoms with van der Waals surface area (Å²) in [4.78, 5) is 0. The molecular weight excluding hydrogens is 516 g/mol. The monoisotopic (exact) mass is 552 g/mol. The second kappa shape index (κ2) is 10.2. The molecule has 0 heterocycles. The van der Waals surface area contributed by atoms with Gasteiger partial charge in [-0.15, -0.1) is 0 Å². The molecule has 7 aromatic rings. The maximum absolute atomic E-state index is 2.56. The molecule has 0 fully saturated rings. The Morgan fingerprint density at radius 3 is 1.53 bits per heavy atom. The van der Waals surface area contributed by atoms with Gasteiger partial charge in [-0.05, 0) is 102 Å². The van der Waals surface area contributed by atoms with Crippen molar-refractivity contribution in [3.63, 3.8) is 0 Å². The van der Waals surface area contributed by atoms with Gasteiger partial charge >= 0.3 is 0 Å². The van der Waals surface area contributed by atoms with Gasteiger partial charge in [-0.2, -0.15) is 0 Å². The van der Waals surface area contributed by atoms with E-state index in [1.165, 1.54) is 103 Å². The molecule has 7 aromatic carbocycles. The quantitative estimate of drug-likeness (QED) is 0.180. The maximum Gasteiger partial charge on any atom is 0.0215 e. The Morgan fingerprint density at radius 2 is 0.907 bits per heavy atom. The second-order valence-corrected chi connectivity index (χ2v) is 12.3. The fourth-order valence-electron chi connectivity index (χ4n) is 8.22. The predicted octanol–water partition coefficient (Wildman–Crippen LogP) is 12.3. The molecule has 0 heteroatoms. The van der Waals surface area contributed by atoms with Gasteiger partial charge in [-0.1, -0.05) is 148 Å². The van der Waals surface area contributed by atoms with E-state index in [4.69, 9.17) is 0 Å². The van der Waals surface area contributed by atoms with E-state index >= 15 is 0 Å². The maximum atomic E-state index is 2.56. The lowest BCUT2D eigenvalue weighted by molar-refractivity contribution is 0.436. The van der Waals surface area contributed by atoms with Crippen molar-refractivity contribution in [2.24, 2.45) is 0 Å². The Morgan fingerprint density at radius 1 is 0.419 bits per heavy atom. The fraction of sp³-hybridized carbons (Fsp3) is 0.163. The summed E-state index contributed by atoms with van der Waals surface area (Å²) in [6.07, 6.45) is 4.70. The van der Waals surface area contributed by atoms with E-state index in [0.29, 0.717) is 0 Å². The van der Waals surface area contributed by atoms with Crippen molar-refractivity contribution in [2.45, 2.75) is 44.9 Å². The smallest absolute Gasteiger partial charge is 0.0215 e. The lowest BCUT2D eigenvalue weighted by atomic mass is 9.71. The molecule has 0 bridgehead atoms. The van der Waals surface area contributed by atoms with E-state index in [1.807, 2.05) is 0 Å². The fourth-order valence-corrected chi connectivity index (χ4v) is 8.22. The van der Waals surface area contributed by atoms with Crippen molar-refractivity contribution in [1.82, 2.24) is 0 Å². The van der Waals surface area contributed by atoms with E-state index in [0.717, 1.165) is 0 Å².